The Labute approximate surface area is 86.5 Å². The molecule has 2 nitrogen and oxygen atoms in total. The molecule has 0 saturated carbocycles. The number of nitrogens with zero attached hydrogens (tertiary/aromatic N) is 1. The molecule has 0 spiro atoms. The minimum atomic E-state index is 0.491. The molecular weight excluding hydrogens is 174 g/mol. The summed E-state index contributed by atoms with van der Waals surface area (Å²) in [6.07, 6.45) is 0. The molecule has 1 aromatic rings. The molecule has 0 unspecified atom stereocenters. The van der Waals surface area contributed by atoms with Gasteiger partial charge in [-0.1, -0.05) is 26.0 Å². The van der Waals surface area contributed by atoms with Crippen LogP contribution in [0.25, 0.3) is 0 Å². The summed E-state index contributed by atoms with van der Waals surface area (Å²) in [7, 11) is 5.79. The van der Waals surface area contributed by atoms with Crippen LogP contribution in [0.4, 0.5) is 5.69 Å². The van der Waals surface area contributed by atoms with Gasteiger partial charge in [0.05, 0.1) is 12.8 Å². The van der Waals surface area contributed by atoms with Crippen LogP contribution in [0.3, 0.4) is 0 Å². The Morgan fingerprint density at radius 1 is 1.21 bits per heavy atom. The first-order valence-electron chi connectivity index (χ1n) is 4.92. The Bertz CT molecular complexity index is 279. The van der Waals surface area contributed by atoms with Crippen molar-refractivity contribution < 1.29 is 4.74 Å². The number of rotatable bonds is 3. The number of para-hydroxylation sites is 1. The molecule has 0 atom stereocenters. The number of methoxy groups -OCH3 is 1. The monoisotopic (exact) mass is 193 g/mol. The summed E-state index contributed by atoms with van der Waals surface area (Å²) < 4.78 is 5.46. The molecule has 1 aromatic carbocycles. The molecule has 0 amide bonds. The molecular formula is C12H19NO. The van der Waals surface area contributed by atoms with Gasteiger partial charge in [0.1, 0.15) is 5.75 Å². The van der Waals surface area contributed by atoms with Gasteiger partial charge in [0.15, 0.2) is 0 Å². The molecule has 0 radical (unpaired) electrons. The second kappa shape index (κ2) is 4.36. The summed E-state index contributed by atoms with van der Waals surface area (Å²) in [4.78, 5) is 2.07. The molecule has 0 bridgehead atoms. The van der Waals surface area contributed by atoms with Crippen LogP contribution in [0, 0.1) is 0 Å². The number of hydrogen-bond acceptors (Lipinski definition) is 2. The van der Waals surface area contributed by atoms with E-state index in [1.807, 2.05) is 14.1 Å². The third-order valence-corrected chi connectivity index (χ3v) is 2.33. The summed E-state index contributed by atoms with van der Waals surface area (Å²) in [6.45, 7) is 4.36. The van der Waals surface area contributed by atoms with Gasteiger partial charge in [0.2, 0.25) is 0 Å². The normalized spacial score (nSPS) is 10.4. The zero-order chi connectivity index (χ0) is 10.7. The molecule has 1 rings (SSSR count). The predicted molar refractivity (Wildman–Crippen MR) is 61.4 cm³/mol. The highest BCUT2D eigenvalue weighted by molar-refractivity contribution is 5.61. The maximum atomic E-state index is 5.46. The molecule has 2 heteroatoms. The van der Waals surface area contributed by atoms with E-state index in [9.17, 15) is 0 Å². The molecule has 0 aromatic heterocycles. The van der Waals surface area contributed by atoms with Crippen LogP contribution in [-0.2, 0) is 0 Å². The van der Waals surface area contributed by atoms with E-state index in [2.05, 4.69) is 36.9 Å². The van der Waals surface area contributed by atoms with Crippen LogP contribution in [0.5, 0.6) is 5.75 Å². The molecule has 0 N–H and O–H groups in total. The summed E-state index contributed by atoms with van der Waals surface area (Å²) in [5, 5.41) is 0. The van der Waals surface area contributed by atoms with Crippen molar-refractivity contribution in [1.82, 2.24) is 0 Å². The lowest BCUT2D eigenvalue weighted by Gasteiger charge is -2.20. The quantitative estimate of drug-likeness (QED) is 0.732. The van der Waals surface area contributed by atoms with E-state index in [1.165, 1.54) is 5.56 Å². The zero-order valence-corrected chi connectivity index (χ0v) is 9.66. The lowest BCUT2D eigenvalue weighted by molar-refractivity contribution is 0.408. The summed E-state index contributed by atoms with van der Waals surface area (Å²) >= 11 is 0. The van der Waals surface area contributed by atoms with Gasteiger partial charge in [-0.2, -0.15) is 0 Å². The van der Waals surface area contributed by atoms with E-state index in [0.29, 0.717) is 5.92 Å². The van der Waals surface area contributed by atoms with Crippen molar-refractivity contribution >= 4 is 5.69 Å². The lowest BCUT2D eigenvalue weighted by Crippen LogP contribution is -2.11. The molecule has 0 saturated heterocycles. The third-order valence-electron chi connectivity index (χ3n) is 2.33. The Balaban J connectivity index is 3.25. The standard InChI is InChI=1S/C12H19NO/c1-9(2)10-7-6-8-11(13(3)4)12(10)14-5/h6-9H,1-5H3. The van der Waals surface area contributed by atoms with Gasteiger partial charge >= 0.3 is 0 Å². The van der Waals surface area contributed by atoms with E-state index in [4.69, 9.17) is 4.74 Å². The summed E-state index contributed by atoms with van der Waals surface area (Å²) in [6, 6.07) is 6.27. The van der Waals surface area contributed by atoms with E-state index in [-0.39, 0.29) is 0 Å². The van der Waals surface area contributed by atoms with Gasteiger partial charge < -0.3 is 9.64 Å². The van der Waals surface area contributed by atoms with Crippen molar-refractivity contribution in [1.29, 1.82) is 0 Å². The van der Waals surface area contributed by atoms with Crippen molar-refractivity contribution in [2.45, 2.75) is 19.8 Å². The van der Waals surface area contributed by atoms with Crippen molar-refractivity contribution in [2.24, 2.45) is 0 Å². The number of benzene rings is 1. The summed E-state index contributed by atoms with van der Waals surface area (Å²) in [5.74, 6) is 1.48. The van der Waals surface area contributed by atoms with Crippen LogP contribution in [0.2, 0.25) is 0 Å². The molecule has 0 aliphatic carbocycles. The van der Waals surface area contributed by atoms with Gasteiger partial charge in [-0.3, -0.25) is 0 Å². The number of ether oxygens (including phenoxy) is 1. The first kappa shape index (κ1) is 10.9. The fourth-order valence-electron chi connectivity index (χ4n) is 1.57. The first-order valence-corrected chi connectivity index (χ1v) is 4.92. The smallest absolute Gasteiger partial charge is 0.145 e. The minimum absolute atomic E-state index is 0.491. The van der Waals surface area contributed by atoms with Gasteiger partial charge in [-0.05, 0) is 17.5 Å². The van der Waals surface area contributed by atoms with Crippen molar-refractivity contribution in [3.8, 4) is 5.75 Å². The fourth-order valence-corrected chi connectivity index (χ4v) is 1.57. The van der Waals surface area contributed by atoms with Crippen LogP contribution in [0.1, 0.15) is 25.3 Å². The SMILES string of the molecule is COc1c(C(C)C)cccc1N(C)C. The third kappa shape index (κ3) is 2.00. The molecule has 0 aliphatic rings. The highest BCUT2D eigenvalue weighted by atomic mass is 16.5. The second-order valence-electron chi connectivity index (χ2n) is 3.95. The number of hydrogen-bond donors (Lipinski definition) is 0. The van der Waals surface area contributed by atoms with Gasteiger partial charge in [0.25, 0.3) is 0 Å². The van der Waals surface area contributed by atoms with Crippen molar-refractivity contribution in [3.05, 3.63) is 23.8 Å². The van der Waals surface area contributed by atoms with E-state index in [1.54, 1.807) is 7.11 Å². The average Bonchev–Trinajstić information content (AvgIpc) is 2.16. The fraction of sp³-hybridized carbons (Fsp3) is 0.500. The lowest BCUT2D eigenvalue weighted by atomic mass is 10.0. The molecule has 14 heavy (non-hydrogen) atoms. The molecule has 0 fully saturated rings. The zero-order valence-electron chi connectivity index (χ0n) is 9.66. The topological polar surface area (TPSA) is 12.5 Å². The van der Waals surface area contributed by atoms with Crippen molar-refractivity contribution in [2.75, 3.05) is 26.1 Å². The summed E-state index contributed by atoms with van der Waals surface area (Å²) in [5.41, 5.74) is 2.40. The molecule has 78 valence electrons. The largest absolute Gasteiger partial charge is 0.494 e. The highest BCUT2D eigenvalue weighted by Crippen LogP contribution is 2.34. The molecule has 0 heterocycles. The van der Waals surface area contributed by atoms with Crippen LogP contribution >= 0.6 is 0 Å². The van der Waals surface area contributed by atoms with Crippen LogP contribution in [0.15, 0.2) is 18.2 Å². The number of anilines is 1. The Hall–Kier alpha value is -1.18. The Morgan fingerprint density at radius 2 is 1.86 bits per heavy atom. The van der Waals surface area contributed by atoms with Crippen LogP contribution in [-0.4, -0.2) is 21.2 Å². The van der Waals surface area contributed by atoms with Gasteiger partial charge in [0, 0.05) is 14.1 Å². The average molecular weight is 193 g/mol. The van der Waals surface area contributed by atoms with Gasteiger partial charge in [-0.25, -0.2) is 0 Å². The van der Waals surface area contributed by atoms with Crippen molar-refractivity contribution in [3.63, 3.8) is 0 Å². The Kier molecular flexibility index (Phi) is 3.39. The maximum absolute atomic E-state index is 5.46. The predicted octanol–water partition coefficient (Wildman–Crippen LogP) is 2.88. The molecule has 0 aliphatic heterocycles. The second-order valence-corrected chi connectivity index (χ2v) is 3.95. The van der Waals surface area contributed by atoms with E-state index < -0.39 is 0 Å². The van der Waals surface area contributed by atoms with Gasteiger partial charge in [-0.15, -0.1) is 0 Å². The maximum Gasteiger partial charge on any atom is 0.145 e. The van der Waals surface area contributed by atoms with E-state index >= 15 is 0 Å². The highest BCUT2D eigenvalue weighted by Gasteiger charge is 2.12. The Morgan fingerprint density at radius 3 is 2.29 bits per heavy atom. The first-order chi connectivity index (χ1) is 6.57. The van der Waals surface area contributed by atoms with Crippen LogP contribution < -0.4 is 9.64 Å². The minimum Gasteiger partial charge on any atom is -0.494 e. The van der Waals surface area contributed by atoms with E-state index in [0.717, 1.165) is 11.4 Å².